The van der Waals surface area contributed by atoms with Crippen molar-refractivity contribution in [1.29, 1.82) is 0 Å². The van der Waals surface area contributed by atoms with Gasteiger partial charge in [-0.2, -0.15) is 0 Å². The molecule has 24 heavy (non-hydrogen) atoms. The highest BCUT2D eigenvalue weighted by molar-refractivity contribution is 9.10. The summed E-state index contributed by atoms with van der Waals surface area (Å²) in [6.45, 7) is 1.47. The first-order chi connectivity index (χ1) is 11.5. The van der Waals surface area contributed by atoms with Crippen molar-refractivity contribution < 1.29 is 19.4 Å². The molecule has 1 aromatic carbocycles. The van der Waals surface area contributed by atoms with Crippen LogP contribution in [0.4, 0.5) is 0 Å². The molecule has 6 heteroatoms. The normalized spacial score (nSPS) is 19.1. The topological polar surface area (TPSA) is 66.8 Å². The molecule has 1 amide bonds. The third-order valence-electron chi connectivity index (χ3n) is 4.47. The second kappa shape index (κ2) is 9.18. The van der Waals surface area contributed by atoms with Gasteiger partial charge in [0.2, 0.25) is 5.91 Å². The Balaban J connectivity index is 2.08. The number of carboxylic acids is 1. The summed E-state index contributed by atoms with van der Waals surface area (Å²) in [5.41, 5.74) is 1.09. The summed E-state index contributed by atoms with van der Waals surface area (Å²) < 4.78 is 6.14. The standard InChI is InChI=1S/C18H24BrNO4/c1-24-9-7-14(10-13-4-2-6-16(19)11-13)17(21)20-8-3-5-15(12-20)18(22)23/h2,4,6,11,14-15H,3,5,7-10,12H2,1H3,(H,22,23)/t14?,15-/m0/s1. The molecular weight excluding hydrogens is 374 g/mol. The van der Waals surface area contributed by atoms with Crippen molar-refractivity contribution in [2.24, 2.45) is 11.8 Å². The lowest BCUT2D eigenvalue weighted by atomic mass is 9.92. The molecule has 1 heterocycles. The third kappa shape index (κ3) is 5.31. The van der Waals surface area contributed by atoms with Gasteiger partial charge in [-0.15, -0.1) is 0 Å². The number of hydrogen-bond donors (Lipinski definition) is 1. The molecule has 1 unspecified atom stereocenters. The van der Waals surface area contributed by atoms with Crippen LogP contribution in [-0.2, 0) is 20.7 Å². The monoisotopic (exact) mass is 397 g/mol. The molecule has 1 aliphatic heterocycles. The van der Waals surface area contributed by atoms with E-state index in [2.05, 4.69) is 15.9 Å². The second-order valence-corrected chi connectivity index (χ2v) is 7.19. The van der Waals surface area contributed by atoms with Gasteiger partial charge in [-0.3, -0.25) is 9.59 Å². The predicted octanol–water partition coefficient (Wildman–Crippen LogP) is 2.97. The number of carbonyl (C=O) groups is 2. The quantitative estimate of drug-likeness (QED) is 0.767. The molecule has 132 valence electrons. The number of halogens is 1. The third-order valence-corrected chi connectivity index (χ3v) is 4.97. The molecule has 0 spiro atoms. The Bertz CT molecular complexity index is 578. The Morgan fingerprint density at radius 3 is 2.92 bits per heavy atom. The molecule has 1 aromatic rings. The summed E-state index contributed by atoms with van der Waals surface area (Å²) in [5.74, 6) is -1.41. The Hall–Kier alpha value is -1.40. The van der Waals surface area contributed by atoms with E-state index >= 15 is 0 Å². The van der Waals surface area contributed by atoms with Crippen LogP contribution in [0.5, 0.6) is 0 Å². The predicted molar refractivity (Wildman–Crippen MR) is 94.8 cm³/mol. The minimum Gasteiger partial charge on any atom is -0.481 e. The van der Waals surface area contributed by atoms with E-state index in [1.807, 2.05) is 24.3 Å². The van der Waals surface area contributed by atoms with Gasteiger partial charge in [0.1, 0.15) is 0 Å². The summed E-state index contributed by atoms with van der Waals surface area (Å²) in [4.78, 5) is 25.9. The van der Waals surface area contributed by atoms with E-state index in [9.17, 15) is 14.7 Å². The minimum atomic E-state index is -0.812. The van der Waals surface area contributed by atoms with E-state index in [0.717, 1.165) is 16.5 Å². The molecule has 1 aliphatic rings. The average Bonchev–Trinajstić information content (AvgIpc) is 2.58. The van der Waals surface area contributed by atoms with Crippen molar-refractivity contribution in [2.45, 2.75) is 25.7 Å². The van der Waals surface area contributed by atoms with E-state index in [-0.39, 0.29) is 11.8 Å². The molecule has 5 nitrogen and oxygen atoms in total. The molecule has 2 atom stereocenters. The molecular formula is C18H24BrNO4. The van der Waals surface area contributed by atoms with Crippen LogP contribution in [0, 0.1) is 11.8 Å². The Kier molecular flexibility index (Phi) is 7.24. The number of carbonyl (C=O) groups excluding carboxylic acids is 1. The van der Waals surface area contributed by atoms with Crippen LogP contribution < -0.4 is 0 Å². The first-order valence-corrected chi connectivity index (χ1v) is 9.05. The number of hydrogen-bond acceptors (Lipinski definition) is 3. The molecule has 0 aromatic heterocycles. The second-order valence-electron chi connectivity index (χ2n) is 6.27. The number of aliphatic carboxylic acids is 1. The van der Waals surface area contributed by atoms with Crippen LogP contribution in [-0.4, -0.2) is 48.7 Å². The van der Waals surface area contributed by atoms with Gasteiger partial charge in [0.05, 0.1) is 5.92 Å². The number of benzene rings is 1. The maximum atomic E-state index is 12.9. The van der Waals surface area contributed by atoms with Gasteiger partial charge in [-0.05, 0) is 43.4 Å². The molecule has 0 bridgehead atoms. The zero-order valence-electron chi connectivity index (χ0n) is 13.9. The number of amides is 1. The van der Waals surface area contributed by atoms with Gasteiger partial charge in [0.15, 0.2) is 0 Å². The van der Waals surface area contributed by atoms with Crippen LogP contribution in [0.15, 0.2) is 28.7 Å². The lowest BCUT2D eigenvalue weighted by molar-refractivity contribution is -0.147. The van der Waals surface area contributed by atoms with E-state index in [0.29, 0.717) is 39.0 Å². The zero-order chi connectivity index (χ0) is 17.5. The van der Waals surface area contributed by atoms with Gasteiger partial charge in [-0.1, -0.05) is 28.1 Å². The lowest BCUT2D eigenvalue weighted by Crippen LogP contribution is -2.45. The van der Waals surface area contributed by atoms with Crippen LogP contribution in [0.2, 0.25) is 0 Å². The molecule has 1 fully saturated rings. The van der Waals surface area contributed by atoms with Crippen molar-refractivity contribution in [3.05, 3.63) is 34.3 Å². The number of piperidine rings is 1. The SMILES string of the molecule is COCCC(Cc1cccc(Br)c1)C(=O)N1CCC[C@H](C(=O)O)C1. The van der Waals surface area contributed by atoms with Crippen molar-refractivity contribution in [1.82, 2.24) is 4.90 Å². The number of rotatable bonds is 7. The Morgan fingerprint density at radius 2 is 2.25 bits per heavy atom. The highest BCUT2D eigenvalue weighted by atomic mass is 79.9. The smallest absolute Gasteiger partial charge is 0.308 e. The fraction of sp³-hybridized carbons (Fsp3) is 0.556. The summed E-state index contributed by atoms with van der Waals surface area (Å²) in [7, 11) is 1.63. The highest BCUT2D eigenvalue weighted by Crippen LogP contribution is 2.23. The van der Waals surface area contributed by atoms with Crippen LogP contribution in [0.25, 0.3) is 0 Å². The van der Waals surface area contributed by atoms with E-state index < -0.39 is 11.9 Å². The highest BCUT2D eigenvalue weighted by Gasteiger charge is 2.31. The summed E-state index contributed by atoms with van der Waals surface area (Å²) >= 11 is 3.46. The van der Waals surface area contributed by atoms with Gasteiger partial charge >= 0.3 is 5.97 Å². The Morgan fingerprint density at radius 1 is 1.46 bits per heavy atom. The molecule has 1 N–H and O–H groups in total. The molecule has 1 saturated heterocycles. The van der Waals surface area contributed by atoms with Gasteiger partial charge in [-0.25, -0.2) is 0 Å². The van der Waals surface area contributed by atoms with Crippen molar-refractivity contribution in [3.63, 3.8) is 0 Å². The van der Waals surface area contributed by atoms with E-state index in [4.69, 9.17) is 4.74 Å². The molecule has 2 rings (SSSR count). The zero-order valence-corrected chi connectivity index (χ0v) is 15.5. The van der Waals surface area contributed by atoms with Gasteiger partial charge in [0, 0.05) is 37.2 Å². The largest absolute Gasteiger partial charge is 0.481 e. The molecule has 0 radical (unpaired) electrons. The number of ether oxygens (including phenoxy) is 1. The van der Waals surface area contributed by atoms with E-state index in [1.54, 1.807) is 12.0 Å². The van der Waals surface area contributed by atoms with Crippen molar-refractivity contribution in [2.75, 3.05) is 26.8 Å². The first-order valence-electron chi connectivity index (χ1n) is 8.26. The molecule has 0 saturated carbocycles. The summed E-state index contributed by atoms with van der Waals surface area (Å²) in [6.07, 6.45) is 2.66. The van der Waals surface area contributed by atoms with E-state index in [1.165, 1.54) is 0 Å². The van der Waals surface area contributed by atoms with Gasteiger partial charge in [0.25, 0.3) is 0 Å². The van der Waals surface area contributed by atoms with Crippen molar-refractivity contribution in [3.8, 4) is 0 Å². The minimum absolute atomic E-state index is 0.0398. The lowest BCUT2D eigenvalue weighted by Gasteiger charge is -2.33. The number of methoxy groups -OCH3 is 1. The number of nitrogens with zero attached hydrogens (tertiary/aromatic N) is 1. The first kappa shape index (κ1) is 18.9. The number of likely N-dealkylation sites (tertiary alicyclic amines) is 1. The fourth-order valence-corrected chi connectivity index (χ4v) is 3.61. The van der Waals surface area contributed by atoms with Crippen LogP contribution in [0.1, 0.15) is 24.8 Å². The van der Waals surface area contributed by atoms with Crippen LogP contribution in [0.3, 0.4) is 0 Å². The fourth-order valence-electron chi connectivity index (χ4n) is 3.16. The number of carboxylic acid groups (broad SMARTS) is 1. The summed E-state index contributed by atoms with van der Waals surface area (Å²) in [5, 5.41) is 9.22. The average molecular weight is 398 g/mol. The molecule has 0 aliphatic carbocycles. The summed E-state index contributed by atoms with van der Waals surface area (Å²) in [6, 6.07) is 7.94. The maximum Gasteiger partial charge on any atom is 0.308 e. The van der Waals surface area contributed by atoms with Crippen molar-refractivity contribution >= 4 is 27.8 Å². The van der Waals surface area contributed by atoms with Crippen LogP contribution >= 0.6 is 15.9 Å². The van der Waals surface area contributed by atoms with Gasteiger partial charge < -0.3 is 14.7 Å². The maximum absolute atomic E-state index is 12.9. The Labute approximate surface area is 151 Å².